The van der Waals surface area contributed by atoms with Crippen LogP contribution in [0.5, 0.6) is 0 Å². The van der Waals surface area contributed by atoms with Crippen molar-refractivity contribution in [3.63, 3.8) is 0 Å². The zero-order valence-electron chi connectivity index (χ0n) is 18.0. The Morgan fingerprint density at radius 2 is 1.82 bits per heavy atom. The van der Waals surface area contributed by atoms with Crippen LogP contribution < -0.4 is 10.2 Å². The highest BCUT2D eigenvalue weighted by Gasteiger charge is 2.24. The number of anilines is 2. The van der Waals surface area contributed by atoms with Crippen molar-refractivity contribution in [1.29, 1.82) is 0 Å². The summed E-state index contributed by atoms with van der Waals surface area (Å²) in [6, 6.07) is 8.81. The molecular formula is C23H24Cl2N6O2. The van der Waals surface area contributed by atoms with Crippen molar-refractivity contribution in [1.82, 2.24) is 20.0 Å². The first-order valence-electron chi connectivity index (χ1n) is 11.1. The van der Waals surface area contributed by atoms with Crippen LogP contribution in [0.2, 0.25) is 10.0 Å². The molecule has 3 aromatic rings. The minimum Gasteiger partial charge on any atom is -0.353 e. The van der Waals surface area contributed by atoms with Crippen LogP contribution in [-0.2, 0) is 0 Å². The van der Waals surface area contributed by atoms with E-state index >= 15 is 0 Å². The molecule has 1 saturated carbocycles. The van der Waals surface area contributed by atoms with E-state index in [2.05, 4.69) is 25.3 Å². The van der Waals surface area contributed by atoms with E-state index in [0.717, 1.165) is 30.1 Å². The van der Waals surface area contributed by atoms with Gasteiger partial charge in [0.25, 0.3) is 0 Å². The summed E-state index contributed by atoms with van der Waals surface area (Å²) in [7, 11) is 0. The molecule has 33 heavy (non-hydrogen) atoms. The van der Waals surface area contributed by atoms with Gasteiger partial charge in [-0.2, -0.15) is 4.98 Å². The van der Waals surface area contributed by atoms with Gasteiger partial charge in [-0.25, -0.2) is 9.78 Å². The lowest BCUT2D eigenvalue weighted by atomic mass is 10.1. The molecule has 172 valence electrons. The Morgan fingerprint density at radius 1 is 1.03 bits per heavy atom. The Labute approximate surface area is 201 Å². The average molecular weight is 487 g/mol. The van der Waals surface area contributed by atoms with Crippen molar-refractivity contribution >= 4 is 40.7 Å². The van der Waals surface area contributed by atoms with Gasteiger partial charge in [-0.05, 0) is 43.2 Å². The lowest BCUT2D eigenvalue weighted by molar-refractivity contribution is 0.208. The minimum absolute atomic E-state index is 0.161. The predicted octanol–water partition coefficient (Wildman–Crippen LogP) is 5.45. The maximum atomic E-state index is 12.6. The third-order valence-electron chi connectivity index (χ3n) is 6.21. The van der Waals surface area contributed by atoms with Gasteiger partial charge in [-0.1, -0.05) is 41.2 Å². The van der Waals surface area contributed by atoms with Crippen LogP contribution in [0.3, 0.4) is 0 Å². The van der Waals surface area contributed by atoms with Crippen LogP contribution in [0.1, 0.15) is 37.5 Å². The third-order valence-corrected chi connectivity index (χ3v) is 6.95. The first kappa shape index (κ1) is 22.0. The zero-order valence-corrected chi connectivity index (χ0v) is 19.5. The summed E-state index contributed by atoms with van der Waals surface area (Å²) < 4.78 is 5.48. The average Bonchev–Trinajstić information content (AvgIpc) is 3.54. The first-order valence-corrected chi connectivity index (χ1v) is 11.9. The summed E-state index contributed by atoms with van der Waals surface area (Å²) in [6.45, 7) is 2.56. The summed E-state index contributed by atoms with van der Waals surface area (Å²) >= 11 is 12.0. The van der Waals surface area contributed by atoms with Crippen molar-refractivity contribution in [2.24, 2.45) is 0 Å². The van der Waals surface area contributed by atoms with Gasteiger partial charge in [0.1, 0.15) is 5.82 Å². The molecule has 8 nitrogen and oxygen atoms in total. The van der Waals surface area contributed by atoms with E-state index in [1.54, 1.807) is 29.3 Å². The smallest absolute Gasteiger partial charge is 0.321 e. The van der Waals surface area contributed by atoms with Gasteiger partial charge in [-0.15, -0.1) is 0 Å². The maximum Gasteiger partial charge on any atom is 0.321 e. The van der Waals surface area contributed by atoms with Crippen LogP contribution in [0.15, 0.2) is 41.1 Å². The minimum atomic E-state index is -0.161. The molecule has 0 bridgehead atoms. The van der Waals surface area contributed by atoms with E-state index < -0.39 is 0 Å². The second-order valence-electron chi connectivity index (χ2n) is 8.38. The monoisotopic (exact) mass is 486 g/mol. The SMILES string of the molecule is O=C(Nc1ccc(Cl)c(Cl)c1)N1CCN(c2ccc(-c3noc(C4CCCC4)n3)cn2)CC1. The second kappa shape index (κ2) is 9.57. The largest absolute Gasteiger partial charge is 0.353 e. The molecule has 0 radical (unpaired) electrons. The summed E-state index contributed by atoms with van der Waals surface area (Å²) in [5, 5.41) is 7.87. The van der Waals surface area contributed by atoms with Crippen LogP contribution in [0.25, 0.3) is 11.4 Å². The Bertz CT molecular complexity index is 1120. The number of piperazine rings is 1. The topological polar surface area (TPSA) is 87.4 Å². The van der Waals surface area contributed by atoms with E-state index in [4.69, 9.17) is 27.7 Å². The molecule has 2 aromatic heterocycles. The first-order chi connectivity index (χ1) is 16.1. The van der Waals surface area contributed by atoms with Gasteiger partial charge in [0.15, 0.2) is 0 Å². The van der Waals surface area contributed by atoms with Gasteiger partial charge in [0.2, 0.25) is 11.7 Å². The molecule has 1 aliphatic carbocycles. The lowest BCUT2D eigenvalue weighted by Gasteiger charge is -2.35. The summed E-state index contributed by atoms with van der Waals surface area (Å²) in [5.74, 6) is 2.58. The van der Waals surface area contributed by atoms with Crippen LogP contribution in [0.4, 0.5) is 16.3 Å². The molecule has 1 saturated heterocycles. The highest BCUT2D eigenvalue weighted by atomic mass is 35.5. The van der Waals surface area contributed by atoms with Gasteiger partial charge < -0.3 is 19.6 Å². The van der Waals surface area contributed by atoms with E-state index in [9.17, 15) is 4.79 Å². The quantitative estimate of drug-likeness (QED) is 0.527. The highest BCUT2D eigenvalue weighted by Crippen LogP contribution is 2.34. The molecule has 1 N–H and O–H groups in total. The standard InChI is InChI=1S/C23H24Cl2N6O2/c24-18-7-6-17(13-19(18)25)27-23(32)31-11-9-30(10-12-31)20-8-5-16(14-26-20)21-28-22(33-29-21)15-3-1-2-4-15/h5-8,13-15H,1-4,9-12H2,(H,27,32). The maximum absolute atomic E-state index is 12.6. The number of amides is 2. The van der Waals surface area contributed by atoms with E-state index in [1.807, 2.05) is 12.1 Å². The molecule has 3 heterocycles. The number of aromatic nitrogens is 3. The molecule has 1 aromatic carbocycles. The zero-order chi connectivity index (χ0) is 22.8. The molecule has 0 spiro atoms. The fraction of sp³-hybridized carbons (Fsp3) is 0.391. The van der Waals surface area contributed by atoms with E-state index in [0.29, 0.717) is 53.7 Å². The number of carbonyl (C=O) groups is 1. The molecule has 5 rings (SSSR count). The normalized spacial score (nSPS) is 16.9. The van der Waals surface area contributed by atoms with Crippen molar-refractivity contribution < 1.29 is 9.32 Å². The number of hydrogen-bond donors (Lipinski definition) is 1. The molecule has 10 heteroatoms. The van der Waals surface area contributed by atoms with Crippen LogP contribution in [0, 0.1) is 0 Å². The van der Waals surface area contributed by atoms with Gasteiger partial charge in [0.05, 0.1) is 10.0 Å². The Balaban J connectivity index is 1.16. The summed E-state index contributed by atoms with van der Waals surface area (Å²) in [5.41, 5.74) is 1.46. The van der Waals surface area contributed by atoms with E-state index in [1.165, 1.54) is 12.8 Å². The number of hydrogen-bond acceptors (Lipinski definition) is 6. The number of benzene rings is 1. The fourth-order valence-electron chi connectivity index (χ4n) is 4.31. The molecule has 0 unspecified atom stereocenters. The number of halogens is 2. The third kappa shape index (κ3) is 4.91. The highest BCUT2D eigenvalue weighted by molar-refractivity contribution is 6.42. The Kier molecular flexibility index (Phi) is 6.37. The van der Waals surface area contributed by atoms with E-state index in [-0.39, 0.29) is 6.03 Å². The molecular weight excluding hydrogens is 463 g/mol. The number of urea groups is 1. The van der Waals surface area contributed by atoms with Gasteiger partial charge in [-0.3, -0.25) is 0 Å². The number of nitrogens with zero attached hydrogens (tertiary/aromatic N) is 5. The number of rotatable bonds is 4. The van der Waals surface area contributed by atoms with Gasteiger partial charge >= 0.3 is 6.03 Å². The second-order valence-corrected chi connectivity index (χ2v) is 9.19. The molecule has 0 atom stereocenters. The molecule has 1 aliphatic heterocycles. The van der Waals surface area contributed by atoms with Crippen LogP contribution in [-0.4, -0.2) is 52.2 Å². The summed E-state index contributed by atoms with van der Waals surface area (Å²) in [4.78, 5) is 25.7. The Morgan fingerprint density at radius 3 is 2.52 bits per heavy atom. The van der Waals surface area contributed by atoms with Crippen molar-refractivity contribution in [2.45, 2.75) is 31.6 Å². The van der Waals surface area contributed by atoms with Crippen LogP contribution >= 0.6 is 23.2 Å². The van der Waals surface area contributed by atoms with Gasteiger partial charge in [0, 0.05) is 49.5 Å². The molecule has 2 fully saturated rings. The molecule has 2 amide bonds. The lowest BCUT2D eigenvalue weighted by Crippen LogP contribution is -2.50. The predicted molar refractivity (Wildman–Crippen MR) is 128 cm³/mol. The fourth-order valence-corrected chi connectivity index (χ4v) is 4.61. The van der Waals surface area contributed by atoms with Crippen molar-refractivity contribution in [3.05, 3.63) is 52.5 Å². The van der Waals surface area contributed by atoms with Crippen molar-refractivity contribution in [2.75, 3.05) is 36.4 Å². The number of carbonyl (C=O) groups excluding carboxylic acids is 1. The Hall–Kier alpha value is -2.84. The van der Waals surface area contributed by atoms with Crippen molar-refractivity contribution in [3.8, 4) is 11.4 Å². The number of nitrogens with one attached hydrogen (secondary N) is 1. The summed E-state index contributed by atoms with van der Waals surface area (Å²) in [6.07, 6.45) is 6.47. The molecule has 2 aliphatic rings. The number of pyridine rings is 1.